The second kappa shape index (κ2) is 14.0. The summed E-state index contributed by atoms with van der Waals surface area (Å²) in [5, 5.41) is 26.4. The molecule has 0 fully saturated rings. The quantitative estimate of drug-likeness (QED) is 0.148. The number of nitrogens with two attached hydrogens (primary N) is 1. The first-order valence-electron chi connectivity index (χ1n) is 10.9. The molecule has 0 radical (unpaired) electrons. The molecule has 1 aromatic heterocycles. The van der Waals surface area contributed by atoms with Crippen LogP contribution < -0.4 is 21.7 Å². The summed E-state index contributed by atoms with van der Waals surface area (Å²) >= 11 is 5.62. The Balaban J connectivity index is 2.21. The van der Waals surface area contributed by atoms with Crippen LogP contribution in [-0.2, 0) is 25.6 Å². The summed E-state index contributed by atoms with van der Waals surface area (Å²) in [7, 11) is 0. The molecule has 0 aliphatic carbocycles. The zero-order valence-electron chi connectivity index (χ0n) is 19.2. The van der Waals surface area contributed by atoms with Crippen LogP contribution in [0.4, 0.5) is 0 Å². The second-order valence-corrected chi connectivity index (χ2v) is 9.19. The molecule has 0 saturated heterocycles. The SMILES string of the molecule is CSCCC(N)C(=O)NC(Cc1c[nH]c2ccccc12)C(=O)NC(CS)C(=O)NC(CO)C(=O)O. The molecule has 192 valence electrons. The van der Waals surface area contributed by atoms with Gasteiger partial charge in [-0.15, -0.1) is 0 Å². The van der Waals surface area contributed by atoms with E-state index in [1.807, 2.05) is 30.5 Å². The van der Waals surface area contributed by atoms with Gasteiger partial charge < -0.3 is 36.9 Å². The van der Waals surface area contributed by atoms with E-state index in [4.69, 9.17) is 15.9 Å². The average Bonchev–Trinajstić information content (AvgIpc) is 3.25. The van der Waals surface area contributed by atoms with Crippen molar-refractivity contribution in [2.24, 2.45) is 5.73 Å². The molecular weight excluding hydrogens is 494 g/mol. The van der Waals surface area contributed by atoms with Crippen molar-refractivity contribution >= 4 is 59.0 Å². The molecule has 3 amide bonds. The predicted molar refractivity (Wildman–Crippen MR) is 137 cm³/mol. The van der Waals surface area contributed by atoms with Gasteiger partial charge in [-0.25, -0.2) is 4.79 Å². The molecule has 1 aromatic carbocycles. The first-order chi connectivity index (χ1) is 16.7. The first-order valence-corrected chi connectivity index (χ1v) is 12.9. The highest BCUT2D eigenvalue weighted by atomic mass is 32.2. The van der Waals surface area contributed by atoms with Crippen LogP contribution in [-0.4, -0.2) is 87.4 Å². The lowest BCUT2D eigenvalue weighted by Crippen LogP contribution is -2.58. The monoisotopic (exact) mass is 525 g/mol. The van der Waals surface area contributed by atoms with Gasteiger partial charge in [-0.05, 0) is 30.1 Å². The van der Waals surface area contributed by atoms with Crippen molar-refractivity contribution < 1.29 is 29.4 Å². The standard InChI is InChI=1S/C22H31N5O6S2/c1-35-7-6-14(23)19(29)25-16(8-12-9-24-15-5-3-2-4-13(12)15)20(30)27-18(11-34)21(31)26-17(10-28)22(32)33/h2-5,9,14,16-18,24,28,34H,6-8,10-11,23H2,1H3,(H,25,29)(H,26,31)(H,27,30)(H,32,33). The number of thioether (sulfide) groups is 1. The third-order valence-corrected chi connectivity index (χ3v) is 6.32. The first kappa shape index (κ1) is 28.5. The van der Waals surface area contributed by atoms with Crippen molar-refractivity contribution in [1.29, 1.82) is 0 Å². The van der Waals surface area contributed by atoms with Gasteiger partial charge in [0.15, 0.2) is 0 Å². The number of H-pyrrole nitrogens is 1. The maximum absolute atomic E-state index is 13.2. The Labute approximate surface area is 212 Å². The van der Waals surface area contributed by atoms with E-state index in [9.17, 15) is 19.2 Å². The van der Waals surface area contributed by atoms with Gasteiger partial charge in [-0.3, -0.25) is 14.4 Å². The zero-order valence-corrected chi connectivity index (χ0v) is 20.9. The number of amides is 3. The number of para-hydroxylation sites is 1. The molecule has 1 heterocycles. The molecule has 8 N–H and O–H groups in total. The van der Waals surface area contributed by atoms with Crippen LogP contribution in [0.3, 0.4) is 0 Å². The van der Waals surface area contributed by atoms with Crippen molar-refractivity contribution in [3.63, 3.8) is 0 Å². The average molecular weight is 526 g/mol. The number of aliphatic hydroxyl groups is 1. The molecule has 0 saturated carbocycles. The van der Waals surface area contributed by atoms with Crippen molar-refractivity contribution in [2.45, 2.75) is 37.0 Å². The van der Waals surface area contributed by atoms with Crippen LogP contribution in [0.5, 0.6) is 0 Å². The lowest BCUT2D eigenvalue weighted by atomic mass is 10.0. The highest BCUT2D eigenvalue weighted by molar-refractivity contribution is 7.98. The molecule has 0 aliphatic rings. The number of hydrogen-bond donors (Lipinski definition) is 8. The molecule has 4 unspecified atom stereocenters. The molecule has 35 heavy (non-hydrogen) atoms. The maximum Gasteiger partial charge on any atom is 0.328 e. The van der Waals surface area contributed by atoms with E-state index in [1.54, 1.807) is 18.0 Å². The number of rotatable bonds is 14. The van der Waals surface area contributed by atoms with Gasteiger partial charge in [0.25, 0.3) is 0 Å². The Morgan fingerprint density at radius 3 is 2.31 bits per heavy atom. The van der Waals surface area contributed by atoms with Gasteiger partial charge in [-0.2, -0.15) is 24.4 Å². The van der Waals surface area contributed by atoms with E-state index in [0.717, 1.165) is 16.5 Å². The summed E-state index contributed by atoms with van der Waals surface area (Å²) < 4.78 is 0. The molecule has 2 rings (SSSR count). The lowest BCUT2D eigenvalue weighted by molar-refractivity contribution is -0.143. The number of fused-ring (bicyclic) bond motifs is 1. The number of thiol groups is 1. The summed E-state index contributed by atoms with van der Waals surface area (Å²) in [6.07, 6.45) is 4.18. The summed E-state index contributed by atoms with van der Waals surface area (Å²) in [4.78, 5) is 52.6. The van der Waals surface area contributed by atoms with Gasteiger partial charge in [0, 0.05) is 29.3 Å². The van der Waals surface area contributed by atoms with Crippen molar-refractivity contribution in [2.75, 3.05) is 24.4 Å². The summed E-state index contributed by atoms with van der Waals surface area (Å²) in [6, 6.07) is 2.87. The fourth-order valence-corrected chi connectivity index (χ4v) is 4.06. The third kappa shape index (κ3) is 8.16. The molecule has 13 heteroatoms. The number of aliphatic hydroxyl groups excluding tert-OH is 1. The van der Waals surface area contributed by atoms with Gasteiger partial charge in [0.1, 0.15) is 18.1 Å². The minimum Gasteiger partial charge on any atom is -0.480 e. The Bertz CT molecular complexity index is 1030. The number of benzene rings is 1. The number of carboxylic acids is 1. The summed E-state index contributed by atoms with van der Waals surface area (Å²) in [5.74, 6) is -2.89. The van der Waals surface area contributed by atoms with Crippen LogP contribution >= 0.6 is 24.4 Å². The van der Waals surface area contributed by atoms with Crippen LogP contribution in [0, 0.1) is 0 Å². The van der Waals surface area contributed by atoms with Crippen LogP contribution in [0.25, 0.3) is 10.9 Å². The topological polar surface area (TPSA) is 187 Å². The van der Waals surface area contributed by atoms with E-state index in [2.05, 4.69) is 33.6 Å². The number of nitrogens with one attached hydrogen (secondary N) is 4. The maximum atomic E-state index is 13.2. The largest absolute Gasteiger partial charge is 0.480 e. The number of carbonyl (C=O) groups excluding carboxylic acids is 3. The lowest BCUT2D eigenvalue weighted by Gasteiger charge is -2.24. The van der Waals surface area contributed by atoms with Gasteiger partial charge in [0.2, 0.25) is 17.7 Å². The second-order valence-electron chi connectivity index (χ2n) is 7.84. The smallest absolute Gasteiger partial charge is 0.328 e. The van der Waals surface area contributed by atoms with E-state index in [-0.39, 0.29) is 12.2 Å². The summed E-state index contributed by atoms with van der Waals surface area (Å²) in [6.45, 7) is -0.818. The Hall–Kier alpha value is -2.74. The van der Waals surface area contributed by atoms with Crippen LogP contribution in [0.1, 0.15) is 12.0 Å². The zero-order chi connectivity index (χ0) is 26.0. The number of carboxylic acid groups (broad SMARTS) is 1. The molecule has 4 atom stereocenters. The molecular formula is C22H31N5O6S2. The Morgan fingerprint density at radius 1 is 1.06 bits per heavy atom. The predicted octanol–water partition coefficient (Wildman–Crippen LogP) is -0.748. The van der Waals surface area contributed by atoms with Crippen molar-refractivity contribution in [1.82, 2.24) is 20.9 Å². The number of aromatic amines is 1. The number of aromatic nitrogens is 1. The normalized spacial score (nSPS) is 14.5. The summed E-state index contributed by atoms with van der Waals surface area (Å²) in [5.41, 5.74) is 7.61. The Morgan fingerprint density at radius 2 is 1.69 bits per heavy atom. The van der Waals surface area contributed by atoms with Gasteiger partial charge >= 0.3 is 5.97 Å². The van der Waals surface area contributed by atoms with E-state index in [0.29, 0.717) is 12.2 Å². The minimum absolute atomic E-state index is 0.117. The van der Waals surface area contributed by atoms with E-state index < -0.39 is 54.5 Å². The fourth-order valence-electron chi connectivity index (χ4n) is 3.31. The minimum atomic E-state index is -1.53. The molecule has 0 aliphatic heterocycles. The van der Waals surface area contributed by atoms with E-state index >= 15 is 0 Å². The molecule has 0 bridgehead atoms. The van der Waals surface area contributed by atoms with Crippen molar-refractivity contribution in [3.05, 3.63) is 36.0 Å². The number of aliphatic carboxylic acids is 1. The third-order valence-electron chi connectivity index (χ3n) is 5.31. The number of carbonyl (C=O) groups is 4. The van der Waals surface area contributed by atoms with Crippen LogP contribution in [0.2, 0.25) is 0 Å². The van der Waals surface area contributed by atoms with Gasteiger partial charge in [-0.1, -0.05) is 18.2 Å². The highest BCUT2D eigenvalue weighted by Crippen LogP contribution is 2.19. The van der Waals surface area contributed by atoms with Crippen LogP contribution in [0.15, 0.2) is 30.5 Å². The van der Waals surface area contributed by atoms with Crippen molar-refractivity contribution in [3.8, 4) is 0 Å². The van der Waals surface area contributed by atoms with Gasteiger partial charge in [0.05, 0.1) is 12.6 Å². The Kier molecular flexibility index (Phi) is 11.4. The molecule has 11 nitrogen and oxygen atoms in total. The molecule has 0 spiro atoms. The molecule has 2 aromatic rings. The number of hydrogen-bond acceptors (Lipinski definition) is 8. The van der Waals surface area contributed by atoms with E-state index in [1.165, 1.54) is 0 Å². The fraction of sp³-hybridized carbons (Fsp3) is 0.455. The highest BCUT2D eigenvalue weighted by Gasteiger charge is 2.30.